The monoisotopic (exact) mass is 496 g/mol. The summed E-state index contributed by atoms with van der Waals surface area (Å²) in [6.45, 7) is 1.62. The molecule has 1 aliphatic heterocycles. The number of aryl methyl sites for hydroxylation is 1. The number of rotatable bonds is 6. The number of aromatic nitrogens is 3. The molecule has 1 N–H and O–H groups in total. The van der Waals surface area contributed by atoms with Gasteiger partial charge >= 0.3 is 12.1 Å². The molecule has 5 rings (SSSR count). The van der Waals surface area contributed by atoms with Crippen LogP contribution < -0.4 is 4.74 Å². The van der Waals surface area contributed by atoms with Crippen LogP contribution in [0.25, 0.3) is 33.7 Å². The van der Waals surface area contributed by atoms with Gasteiger partial charge in [0, 0.05) is 40.2 Å². The zero-order chi connectivity index (χ0) is 25.6. The van der Waals surface area contributed by atoms with E-state index in [1.165, 1.54) is 18.2 Å². The van der Waals surface area contributed by atoms with Crippen molar-refractivity contribution < 1.29 is 32.3 Å². The van der Waals surface area contributed by atoms with Crippen molar-refractivity contribution in [3.05, 3.63) is 53.7 Å². The van der Waals surface area contributed by atoms with Crippen molar-refractivity contribution in [3.63, 3.8) is 0 Å². The number of carboxylic acid groups (broad SMARTS) is 1. The van der Waals surface area contributed by atoms with Crippen molar-refractivity contribution in [1.82, 2.24) is 14.7 Å². The average molecular weight is 496 g/mol. The summed E-state index contributed by atoms with van der Waals surface area (Å²) in [6, 6.07) is 13.5. The van der Waals surface area contributed by atoms with Crippen LogP contribution in [0.3, 0.4) is 0 Å². The SMILES string of the molecule is CC(Oc1ccc(-c2nc(-c3ccc4c(c3)cc3n4CC[C@H]3CC(=O)O)no2)cc1C#N)C(F)(F)F. The maximum Gasteiger partial charge on any atom is 0.425 e. The van der Waals surface area contributed by atoms with Crippen molar-refractivity contribution in [2.45, 2.75) is 44.5 Å². The molecule has 0 radical (unpaired) electrons. The van der Waals surface area contributed by atoms with Gasteiger partial charge in [-0.3, -0.25) is 4.79 Å². The summed E-state index contributed by atoms with van der Waals surface area (Å²) in [6.07, 6.45) is -5.76. The van der Waals surface area contributed by atoms with E-state index in [2.05, 4.69) is 14.7 Å². The van der Waals surface area contributed by atoms with Gasteiger partial charge in [-0.2, -0.15) is 23.4 Å². The number of nitriles is 1. The van der Waals surface area contributed by atoms with Gasteiger partial charge in [-0.05, 0) is 55.8 Å². The molecule has 0 saturated carbocycles. The van der Waals surface area contributed by atoms with Crippen LogP contribution in [-0.4, -0.2) is 38.1 Å². The summed E-state index contributed by atoms with van der Waals surface area (Å²) >= 11 is 0. The van der Waals surface area contributed by atoms with Gasteiger partial charge in [-0.15, -0.1) is 0 Å². The second-order valence-corrected chi connectivity index (χ2v) is 8.63. The predicted molar refractivity (Wildman–Crippen MR) is 121 cm³/mol. The number of hydrogen-bond donors (Lipinski definition) is 1. The number of benzene rings is 2. The largest absolute Gasteiger partial charge is 0.481 e. The fraction of sp³-hybridized carbons (Fsp3) is 0.280. The molecule has 11 heteroatoms. The highest BCUT2D eigenvalue weighted by atomic mass is 19.4. The zero-order valence-corrected chi connectivity index (χ0v) is 18.9. The van der Waals surface area contributed by atoms with E-state index >= 15 is 0 Å². The third-order valence-corrected chi connectivity index (χ3v) is 6.27. The summed E-state index contributed by atoms with van der Waals surface area (Å²) in [5.41, 5.74) is 2.93. The standard InChI is InChI=1S/C25H19F3N4O4/c1-13(25(26,27)28)35-21-5-3-16(9-18(21)12-29)24-30-23(31-36-24)15-2-4-19-17(8-15)10-20-14(11-22(33)34)6-7-32(19)20/h2-5,8-10,13-14H,6-7,11H2,1H3,(H,33,34)/t13?,14-/m0/s1. The Balaban J connectivity index is 1.41. The van der Waals surface area contributed by atoms with E-state index < -0.39 is 18.2 Å². The minimum atomic E-state index is -4.56. The molecule has 0 spiro atoms. The normalized spacial score (nSPS) is 16.0. The van der Waals surface area contributed by atoms with Gasteiger partial charge in [0.2, 0.25) is 5.82 Å². The Bertz CT molecular complexity index is 1520. The highest BCUT2D eigenvalue weighted by Gasteiger charge is 2.38. The summed E-state index contributed by atoms with van der Waals surface area (Å²) in [5, 5.41) is 23.5. The number of hydrogen-bond acceptors (Lipinski definition) is 6. The molecule has 0 fully saturated rings. The first-order valence-corrected chi connectivity index (χ1v) is 11.1. The number of carboxylic acids is 1. The molecule has 1 aliphatic rings. The molecule has 36 heavy (non-hydrogen) atoms. The van der Waals surface area contributed by atoms with Gasteiger partial charge in [0.15, 0.2) is 6.10 Å². The highest BCUT2D eigenvalue weighted by Crippen LogP contribution is 2.37. The van der Waals surface area contributed by atoms with Crippen LogP contribution in [-0.2, 0) is 11.3 Å². The maximum absolute atomic E-state index is 12.8. The third kappa shape index (κ3) is 4.26. The molecule has 184 valence electrons. The summed E-state index contributed by atoms with van der Waals surface area (Å²) in [7, 11) is 0. The molecule has 0 amide bonds. The Kier molecular flexibility index (Phi) is 5.67. The lowest BCUT2D eigenvalue weighted by Crippen LogP contribution is -2.31. The van der Waals surface area contributed by atoms with E-state index in [9.17, 15) is 28.3 Å². The molecule has 8 nitrogen and oxygen atoms in total. The molecular weight excluding hydrogens is 477 g/mol. The summed E-state index contributed by atoms with van der Waals surface area (Å²) in [4.78, 5) is 15.6. The minimum Gasteiger partial charge on any atom is -0.481 e. The topological polar surface area (TPSA) is 114 Å². The van der Waals surface area contributed by atoms with Gasteiger partial charge in [-0.1, -0.05) is 5.16 Å². The lowest BCUT2D eigenvalue weighted by Gasteiger charge is -2.18. The van der Waals surface area contributed by atoms with E-state index in [-0.39, 0.29) is 29.5 Å². The molecule has 3 heterocycles. The summed E-state index contributed by atoms with van der Waals surface area (Å²) < 4.78 is 50.9. The molecule has 4 aromatic rings. The number of alkyl halides is 3. The molecular formula is C25H19F3N4O4. The molecule has 2 aromatic heterocycles. The van der Waals surface area contributed by atoms with Gasteiger partial charge in [0.25, 0.3) is 5.89 Å². The quantitative estimate of drug-likeness (QED) is 0.374. The van der Waals surface area contributed by atoms with Gasteiger partial charge in [0.05, 0.1) is 12.0 Å². The van der Waals surface area contributed by atoms with E-state index in [4.69, 9.17) is 9.26 Å². The molecule has 0 aliphatic carbocycles. The predicted octanol–water partition coefficient (Wildman–Crippen LogP) is 5.52. The van der Waals surface area contributed by atoms with E-state index in [1.54, 1.807) is 0 Å². The first-order chi connectivity index (χ1) is 17.1. The fourth-order valence-electron chi connectivity index (χ4n) is 4.44. The van der Waals surface area contributed by atoms with E-state index in [1.807, 2.05) is 30.3 Å². The Morgan fingerprint density at radius 1 is 1.28 bits per heavy atom. The molecule has 2 atom stereocenters. The van der Waals surface area contributed by atoms with Crippen molar-refractivity contribution in [3.8, 4) is 34.7 Å². The minimum absolute atomic E-state index is 0.0319. The van der Waals surface area contributed by atoms with Crippen LogP contribution in [0, 0.1) is 11.3 Å². The highest BCUT2D eigenvalue weighted by molar-refractivity contribution is 5.86. The zero-order valence-electron chi connectivity index (χ0n) is 18.9. The lowest BCUT2D eigenvalue weighted by atomic mass is 10.0. The van der Waals surface area contributed by atoms with Crippen LogP contribution in [0.5, 0.6) is 5.75 Å². The Morgan fingerprint density at radius 2 is 2.06 bits per heavy atom. The van der Waals surface area contributed by atoms with Crippen molar-refractivity contribution in [2.75, 3.05) is 0 Å². The second kappa shape index (κ2) is 8.71. The first-order valence-electron chi connectivity index (χ1n) is 11.1. The van der Waals surface area contributed by atoms with Crippen LogP contribution >= 0.6 is 0 Å². The number of ether oxygens (including phenoxy) is 1. The number of halogens is 3. The molecule has 2 aromatic carbocycles. The number of fused-ring (bicyclic) bond motifs is 3. The van der Waals surface area contributed by atoms with Crippen molar-refractivity contribution in [2.24, 2.45) is 0 Å². The van der Waals surface area contributed by atoms with Crippen LogP contribution in [0.15, 0.2) is 47.0 Å². The smallest absolute Gasteiger partial charge is 0.425 e. The number of carbonyl (C=O) groups is 1. The van der Waals surface area contributed by atoms with Crippen molar-refractivity contribution in [1.29, 1.82) is 5.26 Å². The third-order valence-electron chi connectivity index (χ3n) is 6.27. The number of nitrogens with zero attached hydrogens (tertiary/aromatic N) is 4. The Hall–Kier alpha value is -4.33. The fourth-order valence-corrected chi connectivity index (χ4v) is 4.44. The van der Waals surface area contributed by atoms with Crippen LogP contribution in [0.2, 0.25) is 0 Å². The maximum atomic E-state index is 12.8. The second-order valence-electron chi connectivity index (χ2n) is 8.63. The molecule has 0 bridgehead atoms. The molecule has 0 saturated heterocycles. The van der Waals surface area contributed by atoms with Gasteiger partial charge in [0.1, 0.15) is 11.8 Å². The van der Waals surface area contributed by atoms with Gasteiger partial charge in [-0.25, -0.2) is 0 Å². The van der Waals surface area contributed by atoms with Crippen LogP contribution in [0.4, 0.5) is 13.2 Å². The van der Waals surface area contributed by atoms with E-state index in [0.29, 0.717) is 17.0 Å². The Morgan fingerprint density at radius 3 is 2.78 bits per heavy atom. The molecule has 1 unspecified atom stereocenters. The summed E-state index contributed by atoms with van der Waals surface area (Å²) in [5.74, 6) is -0.662. The lowest BCUT2D eigenvalue weighted by molar-refractivity contribution is -0.189. The number of aliphatic carboxylic acids is 1. The Labute approximate surface area is 202 Å². The van der Waals surface area contributed by atoms with E-state index in [0.717, 1.165) is 36.5 Å². The first kappa shape index (κ1) is 23.4. The average Bonchev–Trinajstić information content (AvgIpc) is 3.54. The van der Waals surface area contributed by atoms with Crippen LogP contribution in [0.1, 0.15) is 36.9 Å². The van der Waals surface area contributed by atoms with Crippen molar-refractivity contribution >= 4 is 16.9 Å². The van der Waals surface area contributed by atoms with Gasteiger partial charge < -0.3 is 18.9 Å².